The van der Waals surface area contributed by atoms with Gasteiger partial charge < -0.3 is 10.2 Å². The molecule has 2 aliphatic heterocycles. The van der Waals surface area contributed by atoms with E-state index >= 15 is 0 Å². The van der Waals surface area contributed by atoms with Crippen LogP contribution in [0.3, 0.4) is 0 Å². The number of amides is 1. The zero-order valence-corrected chi connectivity index (χ0v) is 8.70. The van der Waals surface area contributed by atoms with Crippen LogP contribution in [0.5, 0.6) is 0 Å². The number of carbonyl (C=O) groups is 1. The monoisotopic (exact) mass is 194 g/mol. The zero-order chi connectivity index (χ0) is 9.71. The van der Waals surface area contributed by atoms with E-state index in [4.69, 9.17) is 0 Å². The van der Waals surface area contributed by atoms with Gasteiger partial charge in [0.15, 0.2) is 0 Å². The Hall–Kier alpha value is -0.570. The van der Waals surface area contributed by atoms with Crippen molar-refractivity contribution in [1.29, 1.82) is 0 Å². The van der Waals surface area contributed by atoms with Gasteiger partial charge in [-0.2, -0.15) is 0 Å². The minimum Gasteiger partial charge on any atom is -0.341 e. The first-order valence-electron chi connectivity index (χ1n) is 5.78. The van der Waals surface area contributed by atoms with E-state index in [9.17, 15) is 4.79 Å². The number of fused-ring (bicyclic) bond motifs is 1. The third kappa shape index (κ3) is 1.26. The van der Waals surface area contributed by atoms with E-state index in [1.54, 1.807) is 0 Å². The highest BCUT2D eigenvalue weighted by Crippen LogP contribution is 2.40. The fourth-order valence-electron chi connectivity index (χ4n) is 2.93. The zero-order valence-electron chi connectivity index (χ0n) is 8.70. The summed E-state index contributed by atoms with van der Waals surface area (Å²) in [7, 11) is 0. The lowest BCUT2D eigenvalue weighted by molar-refractivity contribution is -0.132. The van der Waals surface area contributed by atoms with Crippen LogP contribution in [-0.2, 0) is 4.79 Å². The predicted molar refractivity (Wildman–Crippen MR) is 53.7 cm³/mol. The largest absolute Gasteiger partial charge is 0.341 e. The van der Waals surface area contributed by atoms with Crippen LogP contribution in [0.1, 0.15) is 19.8 Å². The lowest BCUT2D eigenvalue weighted by Crippen LogP contribution is -2.35. The van der Waals surface area contributed by atoms with Crippen molar-refractivity contribution in [2.45, 2.75) is 25.8 Å². The van der Waals surface area contributed by atoms with Crippen LogP contribution in [0.4, 0.5) is 0 Å². The lowest BCUT2D eigenvalue weighted by Gasteiger charge is -2.17. The van der Waals surface area contributed by atoms with Gasteiger partial charge in [-0.25, -0.2) is 0 Å². The molecule has 2 heterocycles. The number of likely N-dealkylation sites (tertiary alicyclic amines) is 1. The summed E-state index contributed by atoms with van der Waals surface area (Å²) in [6, 6.07) is 0.605. The van der Waals surface area contributed by atoms with E-state index in [1.807, 2.05) is 0 Å². The van der Waals surface area contributed by atoms with Gasteiger partial charge in [-0.1, -0.05) is 6.92 Å². The third-order valence-corrected chi connectivity index (χ3v) is 4.10. The predicted octanol–water partition coefficient (Wildman–Crippen LogP) is 0.463. The van der Waals surface area contributed by atoms with Crippen molar-refractivity contribution in [2.75, 3.05) is 19.6 Å². The molecule has 3 aliphatic rings. The molecule has 1 aliphatic carbocycles. The lowest BCUT2D eigenvalue weighted by atomic mass is 10.1. The van der Waals surface area contributed by atoms with Gasteiger partial charge in [0.1, 0.15) is 0 Å². The van der Waals surface area contributed by atoms with Crippen molar-refractivity contribution in [3.8, 4) is 0 Å². The number of nitrogens with one attached hydrogen (secondary N) is 1. The maximum absolute atomic E-state index is 11.9. The molecule has 0 aromatic heterocycles. The smallest absolute Gasteiger partial charge is 0.226 e. The molecule has 4 atom stereocenters. The van der Waals surface area contributed by atoms with E-state index in [-0.39, 0.29) is 0 Å². The molecule has 1 amide bonds. The van der Waals surface area contributed by atoms with E-state index in [0.29, 0.717) is 23.8 Å². The first-order valence-corrected chi connectivity index (χ1v) is 5.78. The van der Waals surface area contributed by atoms with Crippen LogP contribution in [0, 0.1) is 17.8 Å². The van der Waals surface area contributed by atoms with Gasteiger partial charge in [0.2, 0.25) is 5.91 Å². The average molecular weight is 194 g/mol. The van der Waals surface area contributed by atoms with E-state index in [0.717, 1.165) is 32.0 Å². The second kappa shape index (κ2) is 2.96. The Morgan fingerprint density at radius 3 is 2.86 bits per heavy atom. The van der Waals surface area contributed by atoms with Crippen LogP contribution in [0.25, 0.3) is 0 Å². The molecule has 14 heavy (non-hydrogen) atoms. The molecule has 3 nitrogen and oxygen atoms in total. The molecule has 0 aromatic rings. The molecule has 2 unspecified atom stereocenters. The Kier molecular flexibility index (Phi) is 1.84. The summed E-state index contributed by atoms with van der Waals surface area (Å²) in [5.74, 6) is 2.19. The molecule has 1 saturated carbocycles. The van der Waals surface area contributed by atoms with Gasteiger partial charge in [0.05, 0.1) is 0 Å². The fourth-order valence-corrected chi connectivity index (χ4v) is 2.93. The fraction of sp³-hybridized carbons (Fsp3) is 0.909. The highest BCUT2D eigenvalue weighted by atomic mass is 16.2. The molecule has 3 heteroatoms. The Labute approximate surface area is 84.8 Å². The quantitative estimate of drug-likeness (QED) is 0.658. The molecular formula is C11H18N2O. The Balaban J connectivity index is 1.62. The number of nitrogens with zero attached hydrogens (tertiary/aromatic N) is 1. The summed E-state index contributed by atoms with van der Waals surface area (Å²) in [6.07, 6.45) is 2.38. The van der Waals surface area contributed by atoms with Gasteiger partial charge in [0.25, 0.3) is 0 Å². The van der Waals surface area contributed by atoms with Gasteiger partial charge in [0, 0.05) is 25.0 Å². The summed E-state index contributed by atoms with van der Waals surface area (Å²) >= 11 is 0. The second-order valence-electron chi connectivity index (χ2n) is 5.17. The summed E-state index contributed by atoms with van der Waals surface area (Å²) in [4.78, 5) is 14.0. The van der Waals surface area contributed by atoms with Crippen LogP contribution in [0.15, 0.2) is 0 Å². The van der Waals surface area contributed by atoms with Crippen molar-refractivity contribution >= 4 is 5.91 Å². The van der Waals surface area contributed by atoms with Crippen LogP contribution >= 0.6 is 0 Å². The molecule has 2 saturated heterocycles. The molecule has 0 bridgehead atoms. The van der Waals surface area contributed by atoms with Crippen LogP contribution in [-0.4, -0.2) is 36.5 Å². The third-order valence-electron chi connectivity index (χ3n) is 4.10. The number of carbonyl (C=O) groups excluding carboxylic acids is 1. The van der Waals surface area contributed by atoms with Gasteiger partial charge >= 0.3 is 0 Å². The van der Waals surface area contributed by atoms with E-state index < -0.39 is 0 Å². The van der Waals surface area contributed by atoms with Gasteiger partial charge in [-0.05, 0) is 31.2 Å². The molecule has 0 aromatic carbocycles. The molecule has 0 radical (unpaired) electrons. The average Bonchev–Trinajstić information content (AvgIpc) is 2.62. The highest BCUT2D eigenvalue weighted by Gasteiger charge is 2.45. The summed E-state index contributed by atoms with van der Waals surface area (Å²) < 4.78 is 0. The topological polar surface area (TPSA) is 32.3 Å². The Morgan fingerprint density at radius 1 is 1.43 bits per heavy atom. The van der Waals surface area contributed by atoms with Crippen molar-refractivity contribution in [3.05, 3.63) is 0 Å². The van der Waals surface area contributed by atoms with Crippen molar-refractivity contribution < 1.29 is 4.79 Å². The number of rotatable bonds is 1. The van der Waals surface area contributed by atoms with Gasteiger partial charge in [-0.15, -0.1) is 0 Å². The normalized spacial score (nSPS) is 45.4. The highest BCUT2D eigenvalue weighted by molar-refractivity contribution is 5.82. The minimum absolute atomic E-state index is 0.369. The van der Waals surface area contributed by atoms with Crippen molar-refractivity contribution in [3.63, 3.8) is 0 Å². The Bertz CT molecular complexity index is 254. The molecular weight excluding hydrogens is 176 g/mol. The second-order valence-corrected chi connectivity index (χ2v) is 5.17. The van der Waals surface area contributed by atoms with E-state index in [1.165, 1.54) is 6.42 Å². The van der Waals surface area contributed by atoms with E-state index in [2.05, 4.69) is 17.1 Å². The number of hydrogen-bond acceptors (Lipinski definition) is 2. The van der Waals surface area contributed by atoms with Crippen molar-refractivity contribution in [2.24, 2.45) is 17.8 Å². The number of hydrogen-bond donors (Lipinski definition) is 1. The first-order chi connectivity index (χ1) is 6.75. The Morgan fingerprint density at radius 2 is 2.21 bits per heavy atom. The SMILES string of the molecule is CC1CC1C(=O)N1C[C@@H]2CCN[C@@H]2C1. The first kappa shape index (κ1) is 8.72. The molecule has 78 valence electrons. The van der Waals surface area contributed by atoms with Crippen LogP contribution in [0.2, 0.25) is 0 Å². The maximum Gasteiger partial charge on any atom is 0.226 e. The summed E-state index contributed by atoms with van der Waals surface area (Å²) in [5, 5.41) is 3.48. The molecule has 1 N–H and O–H groups in total. The molecule has 0 spiro atoms. The molecule has 3 fully saturated rings. The standard InChI is InChI=1S/C11H18N2O/c1-7-4-9(7)11(14)13-5-8-2-3-12-10(8)6-13/h7-10,12H,2-6H2,1H3/t7?,8-,9?,10+/m0/s1. The van der Waals surface area contributed by atoms with Crippen LogP contribution < -0.4 is 5.32 Å². The molecule has 3 rings (SSSR count). The summed E-state index contributed by atoms with van der Waals surface area (Å²) in [5.41, 5.74) is 0. The minimum atomic E-state index is 0.369. The van der Waals surface area contributed by atoms with Crippen molar-refractivity contribution in [1.82, 2.24) is 10.2 Å². The van der Waals surface area contributed by atoms with Gasteiger partial charge in [-0.3, -0.25) is 4.79 Å². The summed E-state index contributed by atoms with van der Waals surface area (Å²) in [6.45, 7) is 5.31. The maximum atomic E-state index is 11.9.